The monoisotopic (exact) mass is 526 g/mol. The van der Waals surface area contributed by atoms with Crippen molar-refractivity contribution in [1.29, 1.82) is 0 Å². The van der Waals surface area contributed by atoms with Crippen LogP contribution in [0.15, 0.2) is 41.3 Å². The predicted octanol–water partition coefficient (Wildman–Crippen LogP) is 7.32. The Kier molecular flexibility index (Phi) is 15.7. The van der Waals surface area contributed by atoms with Crippen LogP contribution in [0.5, 0.6) is 5.75 Å². The molecule has 0 aliphatic heterocycles. The van der Waals surface area contributed by atoms with E-state index in [1.54, 1.807) is 48.9 Å². The summed E-state index contributed by atoms with van der Waals surface area (Å²) in [6.45, 7) is 9.54. The van der Waals surface area contributed by atoms with Gasteiger partial charge in [0.05, 0.1) is 36.2 Å². The lowest BCUT2D eigenvalue weighted by molar-refractivity contribution is 0.201. The predicted molar refractivity (Wildman–Crippen MR) is 151 cm³/mol. The molecule has 0 aliphatic rings. The molecule has 1 N–H and O–H groups in total. The Hall–Kier alpha value is -1.20. The number of aliphatic hydroxyl groups excluding tert-OH is 1. The lowest BCUT2D eigenvalue weighted by Gasteiger charge is -2.28. The molecule has 2 aromatic carbocycles. The molecule has 5 nitrogen and oxygen atoms in total. The zero-order chi connectivity index (χ0) is 26.2. The van der Waals surface area contributed by atoms with E-state index in [4.69, 9.17) is 9.84 Å². The van der Waals surface area contributed by atoms with Crippen LogP contribution in [0, 0.1) is 0 Å². The fourth-order valence-electron chi connectivity index (χ4n) is 4.26. The van der Waals surface area contributed by atoms with Gasteiger partial charge in [0, 0.05) is 7.26 Å². The zero-order valence-corrected chi connectivity index (χ0v) is 24.0. The van der Waals surface area contributed by atoms with Crippen LogP contribution in [0.1, 0.15) is 79.1 Å². The third kappa shape index (κ3) is 12.1. The highest BCUT2D eigenvalue weighted by Gasteiger charge is 2.34. The van der Waals surface area contributed by atoms with Gasteiger partial charge in [-0.15, -0.1) is 0 Å². The van der Waals surface area contributed by atoms with Crippen LogP contribution in [0.3, 0.4) is 0 Å². The Morgan fingerprint density at radius 2 is 1.23 bits per heavy atom. The van der Waals surface area contributed by atoms with Crippen LogP contribution in [0.4, 0.5) is 0 Å². The molecular weight excluding hydrogens is 479 g/mol. The molecule has 35 heavy (non-hydrogen) atoms. The molecule has 0 unspecified atom stereocenters. The maximum atomic E-state index is 10.9. The van der Waals surface area contributed by atoms with Crippen LogP contribution in [0.25, 0.3) is 10.8 Å². The van der Waals surface area contributed by atoms with Crippen molar-refractivity contribution in [2.24, 2.45) is 0 Å². The van der Waals surface area contributed by atoms with Crippen molar-refractivity contribution in [2.75, 3.05) is 37.9 Å². The van der Waals surface area contributed by atoms with Crippen LogP contribution in [-0.2, 0) is 10.1 Å². The Morgan fingerprint density at radius 1 is 0.771 bits per heavy atom. The third-order valence-electron chi connectivity index (χ3n) is 6.38. The SMILES string of the molecule is CCCC[P+](CCCC)(CCCC)CCCC.O=S(=O)([O-])c1ccc2cc(OCCO)ccc2c1. The van der Waals surface area contributed by atoms with Crippen molar-refractivity contribution in [3.05, 3.63) is 36.4 Å². The van der Waals surface area contributed by atoms with Crippen LogP contribution < -0.4 is 4.74 Å². The maximum Gasteiger partial charge on any atom is 0.124 e. The quantitative estimate of drug-likeness (QED) is 0.183. The minimum atomic E-state index is -4.43. The van der Waals surface area contributed by atoms with Gasteiger partial charge in [-0.2, -0.15) is 0 Å². The zero-order valence-electron chi connectivity index (χ0n) is 22.3. The largest absolute Gasteiger partial charge is 0.744 e. The molecule has 0 amide bonds. The fourth-order valence-corrected chi connectivity index (χ4v) is 10.1. The summed E-state index contributed by atoms with van der Waals surface area (Å²) in [5, 5.41) is 10.0. The van der Waals surface area contributed by atoms with Crippen molar-refractivity contribution in [3.8, 4) is 5.75 Å². The molecule has 0 saturated carbocycles. The minimum Gasteiger partial charge on any atom is -0.744 e. The van der Waals surface area contributed by atoms with Crippen molar-refractivity contribution in [3.63, 3.8) is 0 Å². The maximum absolute atomic E-state index is 10.9. The summed E-state index contributed by atoms with van der Waals surface area (Å²) < 4.78 is 37.9. The first-order valence-corrected chi connectivity index (χ1v) is 17.3. The second-order valence-corrected chi connectivity index (χ2v) is 15.2. The number of aliphatic hydroxyl groups is 1. The van der Waals surface area contributed by atoms with Crippen molar-refractivity contribution in [2.45, 2.75) is 84.0 Å². The molecule has 2 aromatic rings. The molecular formula is C28H47O5PS. The van der Waals surface area contributed by atoms with Gasteiger partial charge < -0.3 is 14.4 Å². The Morgan fingerprint density at radius 3 is 1.66 bits per heavy atom. The summed E-state index contributed by atoms with van der Waals surface area (Å²) in [5.41, 5.74) is 0. The number of hydrogen-bond donors (Lipinski definition) is 1. The number of unbranched alkanes of at least 4 members (excludes halogenated alkanes) is 4. The summed E-state index contributed by atoms with van der Waals surface area (Å²) in [4.78, 5) is -0.251. The minimum absolute atomic E-state index is 0.0780. The van der Waals surface area contributed by atoms with E-state index in [-0.39, 0.29) is 18.1 Å². The van der Waals surface area contributed by atoms with Crippen LogP contribution in [-0.4, -0.2) is 55.9 Å². The highest BCUT2D eigenvalue weighted by atomic mass is 32.2. The summed E-state index contributed by atoms with van der Waals surface area (Å²) in [5.74, 6) is 0.578. The molecule has 0 fully saturated rings. The Labute approximate surface area is 214 Å². The van der Waals surface area contributed by atoms with Crippen molar-refractivity contribution >= 4 is 28.2 Å². The standard InChI is InChI=1S/C16H36P.C12H12O5S/c1-5-9-13-17(14-10-6-2,15-11-7-3)16-12-8-4;13-5-6-17-11-3-1-10-8-12(18(14,15)16)4-2-9(10)7-11/h5-16H2,1-4H3;1-4,7-8,13H,5-6H2,(H,14,15,16)/q+1;/p-1. The first kappa shape index (κ1) is 31.8. The number of ether oxygens (including phenoxy) is 1. The number of hydrogen-bond acceptors (Lipinski definition) is 5. The van der Waals surface area contributed by atoms with E-state index in [0.717, 1.165) is 5.39 Å². The molecule has 200 valence electrons. The van der Waals surface area contributed by atoms with Crippen LogP contribution in [0.2, 0.25) is 0 Å². The van der Waals surface area contributed by atoms with E-state index < -0.39 is 17.4 Å². The second-order valence-electron chi connectivity index (χ2n) is 9.35. The topological polar surface area (TPSA) is 86.7 Å². The normalized spacial score (nSPS) is 11.8. The van der Waals surface area contributed by atoms with E-state index in [1.807, 2.05) is 0 Å². The van der Waals surface area contributed by atoms with E-state index in [9.17, 15) is 13.0 Å². The third-order valence-corrected chi connectivity index (χ3v) is 12.3. The average molecular weight is 527 g/mol. The Balaban J connectivity index is 0.000000351. The molecule has 7 heteroatoms. The molecule has 2 rings (SSSR count). The summed E-state index contributed by atoms with van der Waals surface area (Å²) in [7, 11) is -5.00. The average Bonchev–Trinajstić information content (AvgIpc) is 2.86. The molecule has 0 saturated heterocycles. The molecule has 0 atom stereocenters. The highest BCUT2D eigenvalue weighted by molar-refractivity contribution is 7.85. The number of fused-ring (bicyclic) bond motifs is 1. The molecule has 0 aromatic heterocycles. The van der Waals surface area contributed by atoms with Crippen molar-refractivity contribution in [1.82, 2.24) is 0 Å². The van der Waals surface area contributed by atoms with E-state index in [1.165, 1.54) is 63.5 Å². The molecule has 0 spiro atoms. The summed E-state index contributed by atoms with van der Waals surface area (Å²) >= 11 is 0. The molecule has 0 heterocycles. The van der Waals surface area contributed by atoms with E-state index >= 15 is 0 Å². The Bertz CT molecular complexity index is 908. The summed E-state index contributed by atoms with van der Waals surface area (Å²) in [6, 6.07) is 9.17. The fraction of sp³-hybridized carbons (Fsp3) is 0.643. The number of benzene rings is 2. The van der Waals surface area contributed by atoms with Gasteiger partial charge in [-0.05, 0) is 60.7 Å². The van der Waals surface area contributed by atoms with Gasteiger partial charge >= 0.3 is 0 Å². The smallest absolute Gasteiger partial charge is 0.124 e. The molecule has 0 radical (unpaired) electrons. The lowest BCUT2D eigenvalue weighted by Crippen LogP contribution is -2.12. The van der Waals surface area contributed by atoms with Gasteiger partial charge in [0.1, 0.15) is 22.5 Å². The molecule has 0 aliphatic carbocycles. The van der Waals surface area contributed by atoms with Gasteiger partial charge in [0.25, 0.3) is 0 Å². The van der Waals surface area contributed by atoms with E-state index in [0.29, 0.717) is 11.1 Å². The first-order valence-electron chi connectivity index (χ1n) is 13.3. The molecule has 0 bridgehead atoms. The summed E-state index contributed by atoms with van der Waals surface area (Å²) in [6.07, 6.45) is 17.9. The van der Waals surface area contributed by atoms with Gasteiger partial charge in [-0.1, -0.05) is 65.5 Å². The van der Waals surface area contributed by atoms with Crippen molar-refractivity contribution < 1.29 is 22.8 Å². The van der Waals surface area contributed by atoms with Gasteiger partial charge in [0.2, 0.25) is 0 Å². The van der Waals surface area contributed by atoms with Crippen LogP contribution >= 0.6 is 7.26 Å². The second kappa shape index (κ2) is 17.3. The van der Waals surface area contributed by atoms with E-state index in [2.05, 4.69) is 27.7 Å². The van der Waals surface area contributed by atoms with Gasteiger partial charge in [-0.3, -0.25) is 0 Å². The number of rotatable bonds is 16. The first-order chi connectivity index (χ1) is 16.7. The van der Waals surface area contributed by atoms with Gasteiger partial charge in [0.15, 0.2) is 0 Å². The lowest BCUT2D eigenvalue weighted by atomic mass is 10.1. The highest BCUT2D eigenvalue weighted by Crippen LogP contribution is 2.61. The van der Waals surface area contributed by atoms with Gasteiger partial charge in [-0.25, -0.2) is 8.42 Å².